The lowest BCUT2D eigenvalue weighted by Gasteiger charge is -2.04. The molecular weight excluding hydrogens is 290 g/mol. The monoisotopic (exact) mass is 305 g/mol. The van der Waals surface area contributed by atoms with Crippen molar-refractivity contribution in [3.63, 3.8) is 0 Å². The molecule has 7 heteroatoms. The summed E-state index contributed by atoms with van der Waals surface area (Å²) in [5.74, 6) is -1.87. The van der Waals surface area contributed by atoms with Crippen molar-refractivity contribution >= 4 is 28.8 Å². The van der Waals surface area contributed by atoms with Crippen LogP contribution in [0, 0.1) is 6.92 Å². The van der Waals surface area contributed by atoms with Crippen LogP contribution in [-0.4, -0.2) is 38.1 Å². The van der Waals surface area contributed by atoms with E-state index in [0.717, 1.165) is 5.39 Å². The predicted molar refractivity (Wildman–Crippen MR) is 76.3 cm³/mol. The van der Waals surface area contributed by atoms with E-state index >= 15 is 0 Å². The van der Waals surface area contributed by atoms with Gasteiger partial charge in [0, 0.05) is 10.9 Å². The SMILES string of the molecule is COC(=O)CNC(=O)COC(=O)c1oc2ccccc2c1C. The number of ether oxygens (including phenoxy) is 2. The summed E-state index contributed by atoms with van der Waals surface area (Å²) in [6, 6.07) is 7.19. The maximum Gasteiger partial charge on any atom is 0.375 e. The van der Waals surface area contributed by atoms with E-state index in [1.165, 1.54) is 7.11 Å². The van der Waals surface area contributed by atoms with E-state index in [9.17, 15) is 14.4 Å². The van der Waals surface area contributed by atoms with Crippen LogP contribution in [-0.2, 0) is 19.1 Å². The molecule has 1 amide bonds. The number of carbonyl (C=O) groups is 3. The number of nitrogens with one attached hydrogen (secondary N) is 1. The van der Waals surface area contributed by atoms with Gasteiger partial charge in [-0.1, -0.05) is 18.2 Å². The van der Waals surface area contributed by atoms with Gasteiger partial charge in [0.1, 0.15) is 12.1 Å². The minimum Gasteiger partial charge on any atom is -0.468 e. The van der Waals surface area contributed by atoms with Gasteiger partial charge in [-0.15, -0.1) is 0 Å². The summed E-state index contributed by atoms with van der Waals surface area (Å²) < 4.78 is 14.7. The second-order valence-electron chi connectivity index (χ2n) is 4.48. The molecule has 22 heavy (non-hydrogen) atoms. The minimum absolute atomic E-state index is 0.0574. The third-order valence-electron chi connectivity index (χ3n) is 3.02. The second kappa shape index (κ2) is 6.75. The third-order valence-corrected chi connectivity index (χ3v) is 3.02. The Bertz CT molecular complexity index is 718. The number of furan rings is 1. The highest BCUT2D eigenvalue weighted by Gasteiger charge is 2.19. The van der Waals surface area contributed by atoms with Gasteiger partial charge in [-0.3, -0.25) is 9.59 Å². The van der Waals surface area contributed by atoms with Crippen LogP contribution in [0.2, 0.25) is 0 Å². The van der Waals surface area contributed by atoms with Crippen LogP contribution in [0.25, 0.3) is 11.0 Å². The molecule has 0 spiro atoms. The fraction of sp³-hybridized carbons (Fsp3) is 0.267. The molecule has 2 aromatic rings. The largest absolute Gasteiger partial charge is 0.468 e. The van der Waals surface area contributed by atoms with E-state index in [2.05, 4.69) is 10.1 Å². The predicted octanol–water partition coefficient (Wildman–Crippen LogP) is 1.19. The summed E-state index contributed by atoms with van der Waals surface area (Å²) in [5, 5.41) is 3.07. The first-order chi connectivity index (χ1) is 10.5. The second-order valence-corrected chi connectivity index (χ2v) is 4.48. The lowest BCUT2D eigenvalue weighted by Crippen LogP contribution is -2.33. The van der Waals surface area contributed by atoms with E-state index < -0.39 is 24.5 Å². The highest BCUT2D eigenvalue weighted by molar-refractivity contribution is 5.96. The molecule has 0 aliphatic carbocycles. The fourth-order valence-electron chi connectivity index (χ4n) is 1.86. The Morgan fingerprint density at radius 3 is 2.64 bits per heavy atom. The number of carbonyl (C=O) groups excluding carboxylic acids is 3. The van der Waals surface area contributed by atoms with E-state index in [4.69, 9.17) is 9.15 Å². The number of hydrogen-bond acceptors (Lipinski definition) is 6. The van der Waals surface area contributed by atoms with E-state index in [0.29, 0.717) is 11.1 Å². The van der Waals surface area contributed by atoms with E-state index in [1.807, 2.05) is 12.1 Å². The summed E-state index contributed by atoms with van der Waals surface area (Å²) in [4.78, 5) is 34.2. The first kappa shape index (κ1) is 15.6. The summed E-state index contributed by atoms with van der Waals surface area (Å²) >= 11 is 0. The Kier molecular flexibility index (Phi) is 4.77. The first-order valence-corrected chi connectivity index (χ1v) is 6.51. The standard InChI is InChI=1S/C15H15NO6/c1-9-10-5-3-4-6-11(10)22-14(9)15(19)21-8-12(17)16-7-13(18)20-2/h3-6H,7-8H2,1-2H3,(H,16,17). The van der Waals surface area contributed by atoms with Gasteiger partial charge in [-0.05, 0) is 13.0 Å². The summed E-state index contributed by atoms with van der Waals surface area (Å²) in [6.45, 7) is 0.947. The Morgan fingerprint density at radius 1 is 1.23 bits per heavy atom. The highest BCUT2D eigenvalue weighted by atomic mass is 16.5. The minimum atomic E-state index is -0.734. The van der Waals surface area contributed by atoms with Crippen LogP contribution in [0.3, 0.4) is 0 Å². The van der Waals surface area contributed by atoms with Gasteiger partial charge in [0.15, 0.2) is 6.61 Å². The van der Waals surface area contributed by atoms with Crippen molar-refractivity contribution in [1.29, 1.82) is 0 Å². The van der Waals surface area contributed by atoms with Gasteiger partial charge in [0.2, 0.25) is 5.76 Å². The van der Waals surface area contributed by atoms with Gasteiger partial charge in [-0.2, -0.15) is 0 Å². The van der Waals surface area contributed by atoms with Crippen LogP contribution in [0.15, 0.2) is 28.7 Å². The number of fused-ring (bicyclic) bond motifs is 1. The molecule has 7 nitrogen and oxygen atoms in total. The molecule has 0 fully saturated rings. The lowest BCUT2D eigenvalue weighted by molar-refractivity contribution is -0.141. The molecule has 0 bridgehead atoms. The average molecular weight is 305 g/mol. The number of para-hydroxylation sites is 1. The van der Waals surface area contributed by atoms with Gasteiger partial charge >= 0.3 is 11.9 Å². The zero-order chi connectivity index (χ0) is 16.1. The fourth-order valence-corrected chi connectivity index (χ4v) is 1.86. The number of esters is 2. The number of hydrogen-bond donors (Lipinski definition) is 1. The topological polar surface area (TPSA) is 94.8 Å². The maximum atomic E-state index is 11.9. The van der Waals surface area contributed by atoms with Crippen molar-refractivity contribution in [3.8, 4) is 0 Å². The molecule has 1 aromatic heterocycles. The number of benzene rings is 1. The lowest BCUT2D eigenvalue weighted by atomic mass is 10.1. The van der Waals surface area contributed by atoms with Crippen LogP contribution < -0.4 is 5.32 Å². The van der Waals surface area contributed by atoms with Crippen molar-refractivity contribution in [2.45, 2.75) is 6.92 Å². The Morgan fingerprint density at radius 2 is 1.95 bits per heavy atom. The van der Waals surface area contributed by atoms with Crippen LogP contribution in [0.5, 0.6) is 0 Å². The summed E-state index contributed by atoms with van der Waals surface area (Å²) in [7, 11) is 1.21. The molecule has 1 heterocycles. The van der Waals surface area contributed by atoms with Crippen LogP contribution in [0.4, 0.5) is 0 Å². The normalized spacial score (nSPS) is 10.3. The number of rotatable bonds is 5. The molecule has 0 aliphatic heterocycles. The smallest absolute Gasteiger partial charge is 0.375 e. The van der Waals surface area contributed by atoms with E-state index in [1.54, 1.807) is 19.1 Å². The zero-order valence-electron chi connectivity index (χ0n) is 12.2. The first-order valence-electron chi connectivity index (χ1n) is 6.51. The van der Waals surface area contributed by atoms with Gasteiger partial charge < -0.3 is 19.2 Å². The average Bonchev–Trinajstić information content (AvgIpc) is 2.87. The van der Waals surface area contributed by atoms with Crippen LogP contribution in [0.1, 0.15) is 16.1 Å². The van der Waals surface area contributed by atoms with Crippen molar-refractivity contribution < 1.29 is 28.3 Å². The van der Waals surface area contributed by atoms with Crippen LogP contribution >= 0.6 is 0 Å². The quantitative estimate of drug-likeness (QED) is 0.834. The number of amides is 1. The van der Waals surface area contributed by atoms with Crippen molar-refractivity contribution in [3.05, 3.63) is 35.6 Å². The van der Waals surface area contributed by atoms with E-state index in [-0.39, 0.29) is 12.3 Å². The summed E-state index contributed by atoms with van der Waals surface area (Å²) in [6.07, 6.45) is 0. The molecule has 0 atom stereocenters. The third kappa shape index (κ3) is 3.43. The molecule has 0 saturated carbocycles. The molecule has 0 radical (unpaired) electrons. The van der Waals surface area contributed by atoms with Gasteiger partial charge in [-0.25, -0.2) is 4.79 Å². The molecule has 1 N–H and O–H groups in total. The zero-order valence-corrected chi connectivity index (χ0v) is 12.2. The van der Waals surface area contributed by atoms with Crippen molar-refractivity contribution in [1.82, 2.24) is 5.32 Å². The molecule has 116 valence electrons. The van der Waals surface area contributed by atoms with Gasteiger partial charge in [0.05, 0.1) is 7.11 Å². The highest BCUT2D eigenvalue weighted by Crippen LogP contribution is 2.25. The Hall–Kier alpha value is -2.83. The molecule has 0 unspecified atom stereocenters. The van der Waals surface area contributed by atoms with Crippen molar-refractivity contribution in [2.24, 2.45) is 0 Å². The molecule has 0 saturated heterocycles. The Balaban J connectivity index is 1.95. The molecule has 0 aliphatic rings. The molecule has 2 rings (SSSR count). The number of aryl methyl sites for hydroxylation is 1. The Labute approximate surface area is 126 Å². The van der Waals surface area contributed by atoms with Gasteiger partial charge in [0.25, 0.3) is 5.91 Å². The molecule has 1 aromatic carbocycles. The summed E-state index contributed by atoms with van der Waals surface area (Å²) in [5.41, 5.74) is 1.22. The van der Waals surface area contributed by atoms with Crippen molar-refractivity contribution in [2.75, 3.05) is 20.3 Å². The maximum absolute atomic E-state index is 11.9. The molecular formula is C15H15NO6. The number of methoxy groups -OCH3 is 1.